The van der Waals surface area contributed by atoms with Crippen LogP contribution in [-0.2, 0) is 9.53 Å². The number of esters is 1. The van der Waals surface area contributed by atoms with Gasteiger partial charge in [-0.2, -0.15) is 5.26 Å². The summed E-state index contributed by atoms with van der Waals surface area (Å²) in [4.78, 5) is 11.2. The van der Waals surface area contributed by atoms with Crippen LogP contribution in [-0.4, -0.2) is 25.2 Å². The second kappa shape index (κ2) is 5.51. The highest BCUT2D eigenvalue weighted by atomic mass is 16.5. The molecule has 0 spiro atoms. The van der Waals surface area contributed by atoms with E-state index in [9.17, 15) is 4.79 Å². The molecule has 0 saturated heterocycles. The van der Waals surface area contributed by atoms with Crippen molar-refractivity contribution in [2.75, 3.05) is 13.7 Å². The van der Waals surface area contributed by atoms with Crippen LogP contribution in [0.1, 0.15) is 19.3 Å². The van der Waals surface area contributed by atoms with E-state index in [0.29, 0.717) is 19.4 Å². The van der Waals surface area contributed by atoms with Crippen LogP contribution in [0.3, 0.4) is 0 Å². The van der Waals surface area contributed by atoms with Crippen molar-refractivity contribution in [3.8, 4) is 6.07 Å². The first-order valence-electron chi connectivity index (χ1n) is 4.05. The molecule has 0 unspecified atom stereocenters. The fourth-order valence-corrected chi connectivity index (χ4v) is 1.02. The predicted octanol–water partition coefficient (Wildman–Crippen LogP) is -0.491. The maximum atomic E-state index is 11.2. The molecule has 0 bridgehead atoms. The van der Waals surface area contributed by atoms with E-state index < -0.39 is 11.5 Å². The summed E-state index contributed by atoms with van der Waals surface area (Å²) < 4.78 is 4.51. The third-order valence-corrected chi connectivity index (χ3v) is 1.81. The summed E-state index contributed by atoms with van der Waals surface area (Å²) in [5.41, 5.74) is 9.79. The monoisotopic (exact) mass is 185 g/mol. The molecule has 0 rings (SSSR count). The molecule has 0 fully saturated rings. The van der Waals surface area contributed by atoms with E-state index in [0.717, 1.165) is 0 Å². The van der Waals surface area contributed by atoms with Crippen molar-refractivity contribution in [3.63, 3.8) is 0 Å². The molecular weight excluding hydrogens is 170 g/mol. The fraction of sp³-hybridized carbons (Fsp3) is 0.750. The van der Waals surface area contributed by atoms with Crippen molar-refractivity contribution in [1.29, 1.82) is 5.26 Å². The highest BCUT2D eigenvalue weighted by molar-refractivity contribution is 5.80. The predicted molar refractivity (Wildman–Crippen MR) is 47.5 cm³/mol. The van der Waals surface area contributed by atoms with E-state index in [2.05, 4.69) is 4.74 Å². The van der Waals surface area contributed by atoms with Gasteiger partial charge in [0.15, 0.2) is 0 Å². The fourth-order valence-electron chi connectivity index (χ4n) is 1.02. The van der Waals surface area contributed by atoms with Gasteiger partial charge in [0.05, 0.1) is 19.6 Å². The van der Waals surface area contributed by atoms with Gasteiger partial charge in [-0.1, -0.05) is 0 Å². The number of hydrogen-bond donors (Lipinski definition) is 2. The molecule has 0 amide bonds. The van der Waals surface area contributed by atoms with E-state index in [4.69, 9.17) is 16.7 Å². The minimum absolute atomic E-state index is 0.0420. The van der Waals surface area contributed by atoms with Crippen LogP contribution >= 0.6 is 0 Å². The normalized spacial score (nSPS) is 14.3. The van der Waals surface area contributed by atoms with Crippen LogP contribution in [0, 0.1) is 11.3 Å². The molecule has 5 heteroatoms. The minimum Gasteiger partial charge on any atom is -0.468 e. The lowest BCUT2D eigenvalue weighted by atomic mass is 9.91. The summed E-state index contributed by atoms with van der Waals surface area (Å²) in [6.07, 6.45) is 0.941. The van der Waals surface area contributed by atoms with Crippen molar-refractivity contribution < 1.29 is 9.53 Å². The van der Waals surface area contributed by atoms with Crippen LogP contribution in [0.15, 0.2) is 0 Å². The van der Waals surface area contributed by atoms with Gasteiger partial charge in [0.1, 0.15) is 5.54 Å². The van der Waals surface area contributed by atoms with Crippen LogP contribution in [0.25, 0.3) is 0 Å². The highest BCUT2D eigenvalue weighted by Gasteiger charge is 2.34. The summed E-state index contributed by atoms with van der Waals surface area (Å²) in [7, 11) is 1.25. The first kappa shape index (κ1) is 11.9. The van der Waals surface area contributed by atoms with Gasteiger partial charge in [-0.05, 0) is 19.4 Å². The Labute approximate surface area is 77.6 Å². The maximum absolute atomic E-state index is 11.2. The van der Waals surface area contributed by atoms with Gasteiger partial charge < -0.3 is 16.2 Å². The minimum atomic E-state index is -1.19. The van der Waals surface area contributed by atoms with Crippen molar-refractivity contribution in [3.05, 3.63) is 0 Å². The molecule has 1 atom stereocenters. The molecule has 0 aliphatic heterocycles. The summed E-state index contributed by atoms with van der Waals surface area (Å²) >= 11 is 0. The summed E-state index contributed by atoms with van der Waals surface area (Å²) in [6, 6.07) is 1.87. The van der Waals surface area contributed by atoms with E-state index in [-0.39, 0.29) is 6.42 Å². The van der Waals surface area contributed by atoms with Crippen LogP contribution in [0.5, 0.6) is 0 Å². The van der Waals surface area contributed by atoms with Gasteiger partial charge >= 0.3 is 5.97 Å². The summed E-state index contributed by atoms with van der Waals surface area (Å²) in [5, 5.41) is 8.48. The van der Waals surface area contributed by atoms with Crippen LogP contribution in [0.2, 0.25) is 0 Å². The third-order valence-electron chi connectivity index (χ3n) is 1.81. The molecule has 0 saturated carbocycles. The van der Waals surface area contributed by atoms with E-state index >= 15 is 0 Å². The quantitative estimate of drug-likeness (QED) is 0.562. The molecule has 4 N–H and O–H groups in total. The van der Waals surface area contributed by atoms with Gasteiger partial charge in [-0.25, -0.2) is 0 Å². The van der Waals surface area contributed by atoms with Gasteiger partial charge in [-0.15, -0.1) is 0 Å². The molecule has 0 aliphatic rings. The lowest BCUT2D eigenvalue weighted by Crippen LogP contribution is -2.48. The Morgan fingerprint density at radius 2 is 2.31 bits per heavy atom. The molecule has 0 radical (unpaired) electrons. The lowest BCUT2D eigenvalue weighted by Gasteiger charge is -2.22. The Morgan fingerprint density at radius 1 is 1.69 bits per heavy atom. The topological polar surface area (TPSA) is 102 Å². The van der Waals surface area contributed by atoms with Gasteiger partial charge in [-0.3, -0.25) is 4.79 Å². The standard InChI is InChI=1S/C8H15N3O2/c1-13-7(12)8(11,4-6-10)3-2-5-9/h2-5,9,11H2,1H3/t8-/m1/s1. The molecule has 0 aromatic carbocycles. The van der Waals surface area contributed by atoms with Crippen molar-refractivity contribution in [1.82, 2.24) is 0 Å². The van der Waals surface area contributed by atoms with E-state index in [1.54, 1.807) is 0 Å². The van der Waals surface area contributed by atoms with Crippen molar-refractivity contribution in [2.45, 2.75) is 24.8 Å². The molecule has 0 aliphatic carbocycles. The number of carbonyl (C=O) groups excluding carboxylic acids is 1. The number of nitrogens with two attached hydrogens (primary N) is 2. The van der Waals surface area contributed by atoms with Gasteiger partial charge in [0, 0.05) is 0 Å². The second-order valence-corrected chi connectivity index (χ2v) is 2.87. The number of ether oxygens (including phenoxy) is 1. The zero-order chi connectivity index (χ0) is 10.3. The number of carbonyl (C=O) groups is 1. The smallest absolute Gasteiger partial charge is 0.326 e. The van der Waals surface area contributed by atoms with Crippen molar-refractivity contribution >= 4 is 5.97 Å². The van der Waals surface area contributed by atoms with Crippen LogP contribution < -0.4 is 11.5 Å². The SMILES string of the molecule is COC(=O)[C@](N)(CC#N)CCCN. The zero-order valence-corrected chi connectivity index (χ0v) is 7.75. The molecule has 5 nitrogen and oxygen atoms in total. The number of hydrogen-bond acceptors (Lipinski definition) is 5. The number of nitriles is 1. The van der Waals surface area contributed by atoms with E-state index in [1.165, 1.54) is 7.11 Å². The van der Waals surface area contributed by atoms with Gasteiger partial charge in [0.2, 0.25) is 0 Å². The molecular formula is C8H15N3O2. The van der Waals surface area contributed by atoms with Crippen LogP contribution in [0.4, 0.5) is 0 Å². The molecule has 0 aromatic heterocycles. The molecule has 0 aromatic rings. The molecule has 74 valence electrons. The van der Waals surface area contributed by atoms with Crippen molar-refractivity contribution in [2.24, 2.45) is 11.5 Å². The van der Waals surface area contributed by atoms with Gasteiger partial charge in [0.25, 0.3) is 0 Å². The zero-order valence-electron chi connectivity index (χ0n) is 7.75. The number of rotatable bonds is 5. The highest BCUT2D eigenvalue weighted by Crippen LogP contribution is 2.15. The second-order valence-electron chi connectivity index (χ2n) is 2.87. The first-order chi connectivity index (χ1) is 6.10. The maximum Gasteiger partial charge on any atom is 0.326 e. The largest absolute Gasteiger partial charge is 0.468 e. The Balaban J connectivity index is 4.34. The molecule has 0 heterocycles. The Bertz CT molecular complexity index is 212. The third kappa shape index (κ3) is 3.40. The Hall–Kier alpha value is -1.12. The number of methoxy groups -OCH3 is 1. The van der Waals surface area contributed by atoms with E-state index in [1.807, 2.05) is 6.07 Å². The average molecular weight is 185 g/mol. The average Bonchev–Trinajstić information content (AvgIpc) is 2.14. The number of nitrogens with zero attached hydrogens (tertiary/aromatic N) is 1. The first-order valence-corrected chi connectivity index (χ1v) is 4.05. The lowest BCUT2D eigenvalue weighted by molar-refractivity contribution is -0.147. The Morgan fingerprint density at radius 3 is 2.69 bits per heavy atom. The Kier molecular flexibility index (Phi) is 5.04. The summed E-state index contributed by atoms with van der Waals surface area (Å²) in [6.45, 7) is 0.446. The molecule has 13 heavy (non-hydrogen) atoms. The summed E-state index contributed by atoms with van der Waals surface area (Å²) in [5.74, 6) is -0.553.